The summed E-state index contributed by atoms with van der Waals surface area (Å²) < 4.78 is 0. The van der Waals surface area contributed by atoms with E-state index in [4.69, 9.17) is 0 Å². The lowest BCUT2D eigenvalue weighted by Gasteiger charge is -2.48. The van der Waals surface area contributed by atoms with Crippen molar-refractivity contribution in [1.82, 2.24) is 0 Å². The highest BCUT2D eigenvalue weighted by atomic mass is 15.2. The standard InChI is InChI=1S/C68H85BN2/c1-61(2,3)43-23-21-42(22-24-43)48-35-44(62(4,5)6)26-30-55(48)71-56-36-45(63(7,8)9)25-29-53(56)69-54-40-51-52(68(19,20)34-33-67(51,17)18)41-57(54)70(58-37-46(64(10,11)12)38-59(71)60(58)69)47-27-28-49-50(39-47)66(15,16)32-31-65(49,13)14/h21-30,35-41H,31-34H2,1-20H3. The Morgan fingerprint density at radius 1 is 0.352 bits per heavy atom. The van der Waals surface area contributed by atoms with E-state index in [0.29, 0.717) is 0 Å². The van der Waals surface area contributed by atoms with Crippen molar-refractivity contribution in [3.05, 3.63) is 148 Å². The lowest BCUT2D eigenvalue weighted by Crippen LogP contribution is -2.62. The Bertz CT molecular complexity index is 3130. The van der Waals surface area contributed by atoms with Crippen molar-refractivity contribution < 1.29 is 0 Å². The molecule has 0 N–H and O–H groups in total. The van der Waals surface area contributed by atoms with E-state index in [0.717, 1.165) is 0 Å². The second-order valence-corrected chi connectivity index (χ2v) is 29.3. The van der Waals surface area contributed by atoms with Crippen LogP contribution in [0.2, 0.25) is 0 Å². The third kappa shape index (κ3) is 8.14. The fraction of sp³-hybridized carbons (Fsp3) is 0.471. The molecule has 0 amide bonds. The molecule has 2 nitrogen and oxygen atoms in total. The van der Waals surface area contributed by atoms with Crippen LogP contribution in [0.5, 0.6) is 0 Å². The molecule has 0 aromatic heterocycles. The van der Waals surface area contributed by atoms with E-state index in [9.17, 15) is 0 Å². The van der Waals surface area contributed by atoms with Gasteiger partial charge in [0.2, 0.25) is 0 Å². The lowest BCUT2D eigenvalue weighted by atomic mass is 9.33. The number of rotatable bonds is 3. The van der Waals surface area contributed by atoms with Crippen molar-refractivity contribution >= 4 is 57.2 Å². The first-order valence-electron chi connectivity index (χ1n) is 27.2. The lowest BCUT2D eigenvalue weighted by molar-refractivity contribution is 0.332. The monoisotopic (exact) mass is 941 g/mol. The highest BCUT2D eigenvalue weighted by Gasteiger charge is 2.48. The maximum absolute atomic E-state index is 2.73. The Hall–Kier alpha value is -5.02. The van der Waals surface area contributed by atoms with E-state index in [1.807, 2.05) is 0 Å². The fourth-order valence-corrected chi connectivity index (χ4v) is 12.8. The van der Waals surface area contributed by atoms with Crippen molar-refractivity contribution in [1.29, 1.82) is 0 Å². The van der Waals surface area contributed by atoms with Gasteiger partial charge in [-0.3, -0.25) is 0 Å². The molecule has 71 heavy (non-hydrogen) atoms. The predicted molar refractivity (Wildman–Crippen MR) is 311 cm³/mol. The van der Waals surface area contributed by atoms with Crippen LogP contribution in [0.15, 0.2) is 103 Å². The quantitative estimate of drug-likeness (QED) is 0.163. The average Bonchev–Trinajstić information content (AvgIpc) is 3.27. The molecule has 6 aromatic carbocycles. The van der Waals surface area contributed by atoms with Gasteiger partial charge in [-0.05, 0) is 184 Å². The van der Waals surface area contributed by atoms with Crippen molar-refractivity contribution in [3.63, 3.8) is 0 Å². The van der Waals surface area contributed by atoms with Crippen LogP contribution in [-0.2, 0) is 43.3 Å². The zero-order valence-electron chi connectivity index (χ0n) is 47.6. The molecular weight excluding hydrogens is 856 g/mol. The molecule has 2 aliphatic carbocycles. The predicted octanol–water partition coefficient (Wildman–Crippen LogP) is 17.3. The number of benzene rings is 6. The van der Waals surface area contributed by atoms with Crippen LogP contribution < -0.4 is 26.2 Å². The first-order chi connectivity index (χ1) is 32.7. The van der Waals surface area contributed by atoms with Crippen LogP contribution in [-0.4, -0.2) is 6.71 Å². The summed E-state index contributed by atoms with van der Waals surface area (Å²) in [5, 5.41) is 0. The summed E-state index contributed by atoms with van der Waals surface area (Å²) in [5.74, 6) is 0. The largest absolute Gasteiger partial charge is 0.311 e. The minimum absolute atomic E-state index is 0.0292. The number of anilines is 6. The molecule has 0 saturated carbocycles. The molecule has 3 heteroatoms. The summed E-state index contributed by atoms with van der Waals surface area (Å²) in [6.45, 7) is 48.2. The van der Waals surface area contributed by atoms with Gasteiger partial charge >= 0.3 is 0 Å². The molecule has 0 bridgehead atoms. The highest BCUT2D eigenvalue weighted by molar-refractivity contribution is 7.00. The molecule has 0 unspecified atom stereocenters. The Balaban J connectivity index is 1.36. The molecule has 2 heterocycles. The Kier molecular flexibility index (Phi) is 11.0. The van der Waals surface area contributed by atoms with E-state index in [-0.39, 0.29) is 50.0 Å². The number of fused-ring (bicyclic) bond motifs is 6. The van der Waals surface area contributed by atoms with Crippen molar-refractivity contribution in [2.45, 2.75) is 207 Å². The second-order valence-electron chi connectivity index (χ2n) is 29.3. The van der Waals surface area contributed by atoms with Crippen LogP contribution in [0.3, 0.4) is 0 Å². The molecule has 0 atom stereocenters. The van der Waals surface area contributed by atoms with Gasteiger partial charge in [-0.25, -0.2) is 0 Å². The summed E-state index contributed by atoms with van der Waals surface area (Å²) in [7, 11) is 0. The normalized spacial score (nSPS) is 18.6. The van der Waals surface area contributed by atoms with E-state index in [2.05, 4.69) is 251 Å². The molecule has 6 aromatic rings. The number of nitrogens with zero attached hydrogens (tertiary/aromatic N) is 2. The van der Waals surface area contributed by atoms with Gasteiger partial charge < -0.3 is 9.80 Å². The van der Waals surface area contributed by atoms with E-state index < -0.39 is 0 Å². The van der Waals surface area contributed by atoms with Gasteiger partial charge in [0.1, 0.15) is 0 Å². The molecule has 4 aliphatic rings. The van der Waals surface area contributed by atoms with Gasteiger partial charge in [0, 0.05) is 34.0 Å². The van der Waals surface area contributed by atoms with Gasteiger partial charge in [-0.1, -0.05) is 193 Å². The SMILES string of the molecule is CC(C)(C)c1ccc(-c2cc(C(C)(C)C)ccc2N2c3cc(C(C)(C)C)ccc3B3c4cc5c(cc4N(c4ccc6c(c4)C(C)(C)CCC6(C)C)c4cc(C(C)(C)C)cc2c43)C(C)(C)CCC5(C)C)cc1. The van der Waals surface area contributed by atoms with E-state index in [1.165, 1.54) is 132 Å². The Labute approximate surface area is 431 Å². The zero-order valence-corrected chi connectivity index (χ0v) is 47.6. The van der Waals surface area contributed by atoms with Crippen molar-refractivity contribution in [2.75, 3.05) is 9.80 Å². The molecular formula is C68H85BN2. The zero-order chi connectivity index (χ0) is 51.6. The molecule has 10 rings (SSSR count). The van der Waals surface area contributed by atoms with Gasteiger partial charge in [0.05, 0.1) is 5.69 Å². The smallest absolute Gasteiger partial charge is 0.252 e. The molecule has 0 fully saturated rings. The first kappa shape index (κ1) is 49.6. The summed E-state index contributed by atoms with van der Waals surface area (Å²) >= 11 is 0. The molecule has 2 aliphatic heterocycles. The molecule has 0 radical (unpaired) electrons. The van der Waals surface area contributed by atoms with Crippen molar-refractivity contribution in [3.8, 4) is 11.1 Å². The minimum Gasteiger partial charge on any atom is -0.311 e. The number of hydrogen-bond donors (Lipinski definition) is 0. The van der Waals surface area contributed by atoms with Gasteiger partial charge in [-0.2, -0.15) is 0 Å². The van der Waals surface area contributed by atoms with Crippen LogP contribution in [0.1, 0.15) is 209 Å². The summed E-state index contributed by atoms with van der Waals surface area (Å²) in [6.07, 6.45) is 4.73. The fourth-order valence-electron chi connectivity index (χ4n) is 12.8. The summed E-state index contributed by atoms with van der Waals surface area (Å²) in [5.41, 5.74) is 26.0. The van der Waals surface area contributed by atoms with E-state index in [1.54, 1.807) is 0 Å². The van der Waals surface area contributed by atoms with Crippen LogP contribution in [0.25, 0.3) is 11.1 Å². The Morgan fingerprint density at radius 3 is 1.34 bits per heavy atom. The maximum atomic E-state index is 2.73. The first-order valence-corrected chi connectivity index (χ1v) is 27.2. The molecule has 0 spiro atoms. The van der Waals surface area contributed by atoms with Gasteiger partial charge in [0.25, 0.3) is 6.71 Å². The summed E-state index contributed by atoms with van der Waals surface area (Å²) in [6, 6.07) is 42.6. The van der Waals surface area contributed by atoms with Crippen LogP contribution in [0.4, 0.5) is 34.1 Å². The van der Waals surface area contributed by atoms with Crippen LogP contribution in [0, 0.1) is 0 Å². The average molecular weight is 941 g/mol. The third-order valence-electron chi connectivity index (χ3n) is 18.0. The molecule has 0 saturated heterocycles. The van der Waals surface area contributed by atoms with Crippen molar-refractivity contribution in [2.24, 2.45) is 0 Å². The van der Waals surface area contributed by atoms with E-state index >= 15 is 0 Å². The number of hydrogen-bond acceptors (Lipinski definition) is 2. The summed E-state index contributed by atoms with van der Waals surface area (Å²) in [4.78, 5) is 5.44. The highest BCUT2D eigenvalue weighted by Crippen LogP contribution is 2.54. The minimum atomic E-state index is -0.127. The van der Waals surface area contributed by atoms with Crippen LogP contribution >= 0.6 is 0 Å². The second kappa shape index (κ2) is 15.7. The van der Waals surface area contributed by atoms with Gasteiger partial charge in [-0.15, -0.1) is 0 Å². The van der Waals surface area contributed by atoms with Gasteiger partial charge in [0.15, 0.2) is 0 Å². The Morgan fingerprint density at radius 2 is 0.789 bits per heavy atom. The molecule has 370 valence electrons. The topological polar surface area (TPSA) is 6.48 Å². The third-order valence-corrected chi connectivity index (χ3v) is 18.0. The maximum Gasteiger partial charge on any atom is 0.252 e.